The van der Waals surface area contributed by atoms with Crippen molar-refractivity contribution in [3.63, 3.8) is 0 Å². The van der Waals surface area contributed by atoms with Crippen LogP contribution in [0.15, 0.2) is 54.6 Å². The molecule has 1 aliphatic rings. The Morgan fingerprint density at radius 2 is 1.69 bits per heavy atom. The van der Waals surface area contributed by atoms with Gasteiger partial charge in [-0.3, -0.25) is 9.69 Å². The van der Waals surface area contributed by atoms with Crippen molar-refractivity contribution >= 4 is 5.91 Å². The van der Waals surface area contributed by atoms with Gasteiger partial charge in [0.2, 0.25) is 0 Å². The van der Waals surface area contributed by atoms with Gasteiger partial charge in [0.1, 0.15) is 0 Å². The molecular formula is C22H22N6O. The van der Waals surface area contributed by atoms with Gasteiger partial charge in [0.15, 0.2) is 5.69 Å². The SMILES string of the molecule is Cc1nn(-c2ccccc2)nc1C(=O)N1CCN(Cc2ccc(C#N)cc2)CC1. The van der Waals surface area contributed by atoms with Gasteiger partial charge < -0.3 is 4.90 Å². The van der Waals surface area contributed by atoms with Gasteiger partial charge in [-0.05, 0) is 36.8 Å². The highest BCUT2D eigenvalue weighted by Gasteiger charge is 2.26. The molecule has 7 nitrogen and oxygen atoms in total. The zero-order chi connectivity index (χ0) is 20.2. The Kier molecular flexibility index (Phi) is 5.36. The van der Waals surface area contributed by atoms with Crippen molar-refractivity contribution in [2.24, 2.45) is 0 Å². The number of para-hydroxylation sites is 1. The lowest BCUT2D eigenvalue weighted by molar-refractivity contribution is 0.0621. The summed E-state index contributed by atoms with van der Waals surface area (Å²) in [6.45, 7) is 5.56. The van der Waals surface area contributed by atoms with E-state index in [1.54, 1.807) is 0 Å². The van der Waals surface area contributed by atoms with Crippen molar-refractivity contribution in [1.29, 1.82) is 5.26 Å². The van der Waals surface area contributed by atoms with Crippen LogP contribution in [0.3, 0.4) is 0 Å². The predicted molar refractivity (Wildman–Crippen MR) is 108 cm³/mol. The number of hydrogen-bond donors (Lipinski definition) is 0. The van der Waals surface area contributed by atoms with Crippen molar-refractivity contribution in [2.45, 2.75) is 13.5 Å². The molecule has 7 heteroatoms. The lowest BCUT2D eigenvalue weighted by atomic mass is 10.1. The fourth-order valence-corrected chi connectivity index (χ4v) is 3.45. The number of amides is 1. The Morgan fingerprint density at radius 3 is 2.34 bits per heavy atom. The van der Waals surface area contributed by atoms with Crippen molar-refractivity contribution in [1.82, 2.24) is 24.8 Å². The number of nitriles is 1. The minimum atomic E-state index is -0.0669. The van der Waals surface area contributed by atoms with Gasteiger partial charge in [-0.1, -0.05) is 30.3 Å². The van der Waals surface area contributed by atoms with E-state index in [1.807, 2.05) is 66.4 Å². The van der Waals surface area contributed by atoms with Crippen molar-refractivity contribution in [3.8, 4) is 11.8 Å². The second-order valence-electron chi connectivity index (χ2n) is 7.14. The molecule has 0 saturated carbocycles. The Bertz CT molecular complexity index is 1030. The third-order valence-corrected chi connectivity index (χ3v) is 5.12. The first kappa shape index (κ1) is 18.8. The molecule has 3 aromatic rings. The van der Waals surface area contributed by atoms with Crippen molar-refractivity contribution in [2.75, 3.05) is 26.2 Å². The van der Waals surface area contributed by atoms with Crippen molar-refractivity contribution in [3.05, 3.63) is 77.1 Å². The highest BCUT2D eigenvalue weighted by Crippen LogP contribution is 2.14. The van der Waals surface area contributed by atoms with E-state index in [0.29, 0.717) is 30.0 Å². The monoisotopic (exact) mass is 386 g/mol. The molecule has 1 amide bonds. The van der Waals surface area contributed by atoms with Crippen LogP contribution >= 0.6 is 0 Å². The summed E-state index contributed by atoms with van der Waals surface area (Å²) in [7, 11) is 0. The highest BCUT2D eigenvalue weighted by molar-refractivity contribution is 5.93. The largest absolute Gasteiger partial charge is 0.335 e. The maximum Gasteiger partial charge on any atom is 0.276 e. The minimum absolute atomic E-state index is 0.0669. The first-order valence-corrected chi connectivity index (χ1v) is 9.64. The Hall–Kier alpha value is -3.50. The normalized spacial score (nSPS) is 14.6. The zero-order valence-corrected chi connectivity index (χ0v) is 16.3. The fraction of sp³-hybridized carbons (Fsp3) is 0.273. The van der Waals surface area contributed by atoms with Crippen LogP contribution < -0.4 is 0 Å². The first-order chi connectivity index (χ1) is 14.1. The molecule has 0 N–H and O–H groups in total. The second kappa shape index (κ2) is 8.25. The molecule has 0 spiro atoms. The molecule has 2 aromatic carbocycles. The Labute approximate surface area is 169 Å². The first-order valence-electron chi connectivity index (χ1n) is 9.64. The third-order valence-electron chi connectivity index (χ3n) is 5.12. The molecule has 29 heavy (non-hydrogen) atoms. The van der Waals surface area contributed by atoms with Gasteiger partial charge in [0.25, 0.3) is 5.91 Å². The molecule has 1 aromatic heterocycles. The maximum absolute atomic E-state index is 13.0. The van der Waals surface area contributed by atoms with Gasteiger partial charge >= 0.3 is 0 Å². The van der Waals surface area contributed by atoms with Crippen LogP contribution in [0, 0.1) is 18.3 Å². The number of nitrogens with zero attached hydrogens (tertiary/aromatic N) is 6. The molecule has 2 heterocycles. The Morgan fingerprint density at radius 1 is 1.00 bits per heavy atom. The quantitative estimate of drug-likeness (QED) is 0.688. The summed E-state index contributed by atoms with van der Waals surface area (Å²) in [6.07, 6.45) is 0. The van der Waals surface area contributed by atoms with Gasteiger partial charge in [-0.15, -0.1) is 5.10 Å². The van der Waals surface area contributed by atoms with Crippen molar-refractivity contribution < 1.29 is 4.79 Å². The number of aromatic nitrogens is 3. The van der Waals surface area contributed by atoms with Crippen LogP contribution in [0.4, 0.5) is 0 Å². The molecule has 1 fully saturated rings. The third kappa shape index (κ3) is 4.18. The summed E-state index contributed by atoms with van der Waals surface area (Å²) < 4.78 is 0. The molecule has 146 valence electrons. The van der Waals surface area contributed by atoms with Gasteiger partial charge in [0.05, 0.1) is 23.0 Å². The molecule has 4 rings (SSSR count). The summed E-state index contributed by atoms with van der Waals surface area (Å²) in [4.78, 5) is 18.6. The average Bonchev–Trinajstić information content (AvgIpc) is 3.16. The number of rotatable bonds is 4. The molecule has 0 atom stereocenters. The van der Waals surface area contributed by atoms with E-state index >= 15 is 0 Å². The van der Waals surface area contributed by atoms with Crippen LogP contribution in [-0.4, -0.2) is 56.9 Å². The summed E-state index contributed by atoms with van der Waals surface area (Å²) in [6, 6.07) is 19.4. The summed E-state index contributed by atoms with van der Waals surface area (Å²) >= 11 is 0. The zero-order valence-electron chi connectivity index (χ0n) is 16.3. The van der Waals surface area contributed by atoms with E-state index in [0.717, 1.165) is 25.3 Å². The molecule has 0 bridgehead atoms. The number of hydrogen-bond acceptors (Lipinski definition) is 5. The highest BCUT2D eigenvalue weighted by atomic mass is 16.2. The van der Waals surface area contributed by atoms with Crippen LogP contribution in [0.2, 0.25) is 0 Å². The maximum atomic E-state index is 13.0. The predicted octanol–water partition coefficient (Wildman–Crippen LogP) is 2.41. The lowest BCUT2D eigenvalue weighted by Crippen LogP contribution is -2.48. The van der Waals surface area contributed by atoms with Crippen LogP contribution in [0.1, 0.15) is 27.3 Å². The number of piperazine rings is 1. The smallest absolute Gasteiger partial charge is 0.276 e. The molecule has 1 aliphatic heterocycles. The van der Waals surface area contributed by atoms with E-state index in [9.17, 15) is 4.79 Å². The number of carbonyl (C=O) groups is 1. The topological polar surface area (TPSA) is 78.1 Å². The summed E-state index contributed by atoms with van der Waals surface area (Å²) in [5.41, 5.74) is 3.73. The molecule has 0 unspecified atom stereocenters. The molecule has 1 saturated heterocycles. The number of benzene rings is 2. The summed E-state index contributed by atoms with van der Waals surface area (Å²) in [5, 5.41) is 17.7. The van der Waals surface area contributed by atoms with Crippen LogP contribution in [-0.2, 0) is 6.54 Å². The summed E-state index contributed by atoms with van der Waals surface area (Å²) in [5.74, 6) is -0.0669. The minimum Gasteiger partial charge on any atom is -0.335 e. The number of carbonyl (C=O) groups excluding carboxylic acids is 1. The fourth-order valence-electron chi connectivity index (χ4n) is 3.45. The van der Waals surface area contributed by atoms with E-state index in [1.165, 1.54) is 10.4 Å². The molecular weight excluding hydrogens is 364 g/mol. The van der Waals surface area contributed by atoms with E-state index < -0.39 is 0 Å². The van der Waals surface area contributed by atoms with Crippen LogP contribution in [0.25, 0.3) is 5.69 Å². The Balaban J connectivity index is 1.38. The lowest BCUT2D eigenvalue weighted by Gasteiger charge is -2.34. The molecule has 0 aliphatic carbocycles. The van der Waals surface area contributed by atoms with Gasteiger partial charge in [-0.25, -0.2) is 0 Å². The molecule has 0 radical (unpaired) electrons. The number of aryl methyl sites for hydroxylation is 1. The van der Waals surface area contributed by atoms with Gasteiger partial charge in [0, 0.05) is 32.7 Å². The van der Waals surface area contributed by atoms with E-state index in [-0.39, 0.29) is 5.91 Å². The van der Waals surface area contributed by atoms with Gasteiger partial charge in [-0.2, -0.15) is 15.2 Å². The van der Waals surface area contributed by atoms with Crippen LogP contribution in [0.5, 0.6) is 0 Å². The average molecular weight is 386 g/mol. The second-order valence-corrected chi connectivity index (χ2v) is 7.14. The van der Waals surface area contributed by atoms with E-state index in [2.05, 4.69) is 21.2 Å². The standard InChI is InChI=1S/C22H22N6O/c1-17-21(25-28(24-17)20-5-3-2-4-6-20)22(29)27-13-11-26(12-14-27)16-19-9-7-18(15-23)8-10-19/h2-10H,11-14,16H2,1H3. The van der Waals surface area contributed by atoms with E-state index in [4.69, 9.17) is 5.26 Å².